The van der Waals surface area contributed by atoms with Crippen LogP contribution in [0.3, 0.4) is 0 Å². The monoisotopic (exact) mass is 543 g/mol. The minimum atomic E-state index is 0.552. The van der Waals surface area contributed by atoms with Gasteiger partial charge in [-0.05, 0) is 47.2 Å². The fourth-order valence-electron chi connectivity index (χ4n) is 5.99. The van der Waals surface area contributed by atoms with Crippen LogP contribution in [0.5, 0.6) is 0 Å². The Labute approximate surface area is 239 Å². The van der Waals surface area contributed by atoms with E-state index >= 15 is 0 Å². The molecule has 0 saturated carbocycles. The maximum absolute atomic E-state index is 6.21. The van der Waals surface area contributed by atoms with E-state index < -0.39 is 0 Å². The van der Waals surface area contributed by atoms with Crippen LogP contribution in [0.15, 0.2) is 142 Å². The van der Waals surface area contributed by atoms with E-state index in [0.29, 0.717) is 5.71 Å². The lowest BCUT2D eigenvalue weighted by Gasteiger charge is -2.33. The Balaban J connectivity index is 1.32. The van der Waals surface area contributed by atoms with E-state index in [-0.39, 0.29) is 0 Å². The molecule has 0 fully saturated rings. The molecule has 3 heterocycles. The van der Waals surface area contributed by atoms with Crippen LogP contribution in [-0.2, 0) is 0 Å². The quantitative estimate of drug-likeness (QED) is 0.203. The van der Waals surface area contributed by atoms with Crippen LogP contribution < -0.4 is 4.90 Å². The molecular formula is C36H21N3OS. The highest BCUT2D eigenvalue weighted by atomic mass is 32.2. The van der Waals surface area contributed by atoms with Gasteiger partial charge >= 0.3 is 0 Å². The lowest BCUT2D eigenvalue weighted by Crippen LogP contribution is -2.14. The Bertz CT molecular complexity index is 2260. The topological polar surface area (TPSA) is 42.2 Å². The van der Waals surface area contributed by atoms with E-state index in [2.05, 4.69) is 95.9 Å². The molecule has 5 heteroatoms. The summed E-state index contributed by atoms with van der Waals surface area (Å²) in [4.78, 5) is 15.0. The van der Waals surface area contributed by atoms with Gasteiger partial charge in [0.05, 0.1) is 16.9 Å². The zero-order chi connectivity index (χ0) is 26.9. The van der Waals surface area contributed by atoms with Gasteiger partial charge in [0, 0.05) is 37.9 Å². The van der Waals surface area contributed by atoms with Crippen LogP contribution >= 0.6 is 11.8 Å². The number of anilines is 3. The first-order valence-corrected chi connectivity index (χ1v) is 14.4. The minimum Gasteiger partial charge on any atom is -0.436 e. The third-order valence-corrected chi connectivity index (χ3v) is 8.97. The summed E-state index contributed by atoms with van der Waals surface area (Å²) in [5.74, 6) is 0.770. The van der Waals surface area contributed by atoms with Crippen molar-refractivity contribution in [2.24, 2.45) is 0 Å². The second kappa shape index (κ2) is 8.68. The van der Waals surface area contributed by atoms with Gasteiger partial charge in [0.15, 0.2) is 0 Å². The van der Waals surface area contributed by atoms with Crippen LogP contribution in [0.25, 0.3) is 55.1 Å². The molecule has 0 atom stereocenters. The maximum Gasteiger partial charge on any atom is 0.246 e. The molecule has 8 aromatic rings. The molecule has 9 rings (SSSR count). The predicted molar refractivity (Wildman–Crippen MR) is 169 cm³/mol. The molecule has 0 spiro atoms. The summed E-state index contributed by atoms with van der Waals surface area (Å²) in [6.45, 7) is 0. The van der Waals surface area contributed by atoms with Crippen molar-refractivity contribution in [2.75, 3.05) is 4.90 Å². The van der Waals surface area contributed by atoms with Gasteiger partial charge in [-0.1, -0.05) is 96.7 Å². The van der Waals surface area contributed by atoms with Crippen molar-refractivity contribution in [1.29, 1.82) is 0 Å². The summed E-state index contributed by atoms with van der Waals surface area (Å²) in [6.07, 6.45) is 0. The van der Waals surface area contributed by atoms with Gasteiger partial charge in [0.25, 0.3) is 0 Å². The number of hydrogen-bond acceptors (Lipinski definition) is 5. The highest BCUT2D eigenvalue weighted by Crippen LogP contribution is 2.51. The van der Waals surface area contributed by atoms with Crippen LogP contribution in [0.1, 0.15) is 0 Å². The Kier molecular flexibility index (Phi) is 4.80. The van der Waals surface area contributed by atoms with Crippen LogP contribution in [0.2, 0.25) is 0 Å². The first kappa shape index (κ1) is 22.7. The number of para-hydroxylation sites is 2. The van der Waals surface area contributed by atoms with E-state index in [4.69, 9.17) is 14.4 Å². The van der Waals surface area contributed by atoms with Gasteiger partial charge in [-0.15, -0.1) is 0 Å². The molecule has 0 N–H and O–H groups in total. The third kappa shape index (κ3) is 3.43. The number of rotatable bonds is 2. The molecule has 0 amide bonds. The average molecular weight is 544 g/mol. The molecular weight excluding hydrogens is 522 g/mol. The van der Waals surface area contributed by atoms with Crippen molar-refractivity contribution in [1.82, 2.24) is 9.97 Å². The van der Waals surface area contributed by atoms with Gasteiger partial charge in [-0.2, -0.15) is 0 Å². The molecule has 0 saturated heterocycles. The number of nitrogens with zero attached hydrogens (tertiary/aromatic N) is 3. The largest absolute Gasteiger partial charge is 0.436 e. The highest BCUT2D eigenvalue weighted by Gasteiger charge is 2.25. The first-order chi connectivity index (χ1) is 20.3. The normalized spacial score (nSPS) is 12.7. The predicted octanol–water partition coefficient (Wildman–Crippen LogP) is 10.3. The second-order valence-corrected chi connectivity index (χ2v) is 11.3. The van der Waals surface area contributed by atoms with Gasteiger partial charge < -0.3 is 9.32 Å². The fraction of sp³-hybridized carbons (Fsp3) is 0. The van der Waals surface area contributed by atoms with Gasteiger partial charge in [-0.25, -0.2) is 9.97 Å². The molecule has 0 aliphatic carbocycles. The number of hydrogen-bond donors (Lipinski definition) is 0. The molecule has 1 aliphatic rings. The standard InChI is InChI=1S/C36H21N3OS/c1-2-10-22(11-3-1)31-21-28-36(40-31)38-35-25-13-5-4-12-24(25)27-20-23(18-19-26(27)34(35)37-28)39-29-14-6-8-16-32(29)41-33-17-9-7-15-30(33)39/h1-21H. The first-order valence-electron chi connectivity index (χ1n) is 13.6. The van der Waals surface area contributed by atoms with E-state index in [1.165, 1.54) is 21.2 Å². The Morgan fingerprint density at radius 1 is 0.537 bits per heavy atom. The van der Waals surface area contributed by atoms with E-state index in [0.717, 1.165) is 55.1 Å². The summed E-state index contributed by atoms with van der Waals surface area (Å²) in [5.41, 5.74) is 7.55. The molecule has 6 aromatic carbocycles. The van der Waals surface area contributed by atoms with E-state index in [1.807, 2.05) is 48.2 Å². The second-order valence-electron chi connectivity index (χ2n) is 10.2. The van der Waals surface area contributed by atoms with E-state index in [9.17, 15) is 0 Å². The summed E-state index contributed by atoms with van der Waals surface area (Å²) < 4.78 is 6.21. The van der Waals surface area contributed by atoms with Crippen molar-refractivity contribution in [2.45, 2.75) is 9.79 Å². The molecule has 2 aromatic heterocycles. The summed E-state index contributed by atoms with van der Waals surface area (Å²) in [7, 11) is 0. The number of benzene rings is 6. The lowest BCUT2D eigenvalue weighted by molar-refractivity contribution is 0.619. The fourth-order valence-corrected chi connectivity index (χ4v) is 7.05. The van der Waals surface area contributed by atoms with E-state index in [1.54, 1.807) is 0 Å². The molecule has 0 unspecified atom stereocenters. The van der Waals surface area contributed by atoms with Crippen LogP contribution in [-0.4, -0.2) is 9.97 Å². The zero-order valence-corrected chi connectivity index (χ0v) is 22.6. The molecule has 4 nitrogen and oxygen atoms in total. The Morgan fingerprint density at radius 2 is 1.17 bits per heavy atom. The van der Waals surface area contributed by atoms with Crippen LogP contribution in [0, 0.1) is 0 Å². The maximum atomic E-state index is 6.21. The smallest absolute Gasteiger partial charge is 0.246 e. The molecule has 192 valence electrons. The molecule has 0 bridgehead atoms. The zero-order valence-electron chi connectivity index (χ0n) is 21.8. The highest BCUT2D eigenvalue weighted by molar-refractivity contribution is 7.99. The summed E-state index contributed by atoms with van der Waals surface area (Å²) in [6, 6.07) is 44.5. The number of aromatic nitrogens is 2. The minimum absolute atomic E-state index is 0.552. The van der Waals surface area contributed by atoms with Crippen molar-refractivity contribution in [3.63, 3.8) is 0 Å². The average Bonchev–Trinajstić information content (AvgIpc) is 3.46. The number of fused-ring (bicyclic) bond motifs is 9. The van der Waals surface area contributed by atoms with Gasteiger partial charge in [0.1, 0.15) is 16.8 Å². The third-order valence-electron chi connectivity index (χ3n) is 7.84. The van der Waals surface area contributed by atoms with Gasteiger partial charge in [0.2, 0.25) is 5.71 Å². The Hall–Kier alpha value is -5.13. The van der Waals surface area contributed by atoms with Crippen molar-refractivity contribution in [3.05, 3.63) is 127 Å². The van der Waals surface area contributed by atoms with Crippen molar-refractivity contribution >= 4 is 72.6 Å². The molecule has 1 aliphatic heterocycles. The van der Waals surface area contributed by atoms with Gasteiger partial charge in [-0.3, -0.25) is 0 Å². The van der Waals surface area contributed by atoms with Crippen LogP contribution in [0.4, 0.5) is 17.1 Å². The SMILES string of the molecule is c1ccc(-c2cc3nc4c5ccc(N6c7ccccc7Sc7ccccc76)cc5c5ccccc5c4nc3o2)cc1. The molecule has 41 heavy (non-hydrogen) atoms. The summed E-state index contributed by atoms with van der Waals surface area (Å²) >= 11 is 1.82. The number of furan rings is 1. The molecule has 0 radical (unpaired) electrons. The van der Waals surface area contributed by atoms with Crippen molar-refractivity contribution in [3.8, 4) is 11.3 Å². The Morgan fingerprint density at radius 3 is 1.95 bits per heavy atom. The lowest BCUT2D eigenvalue weighted by atomic mass is 9.98. The summed E-state index contributed by atoms with van der Waals surface area (Å²) in [5, 5.41) is 4.44. The van der Waals surface area contributed by atoms with Crippen molar-refractivity contribution < 1.29 is 4.42 Å².